The van der Waals surface area contributed by atoms with Crippen molar-refractivity contribution in [2.24, 2.45) is 0 Å². The molecule has 3 nitrogen and oxygen atoms in total. The lowest BCUT2D eigenvalue weighted by Crippen LogP contribution is -2.05. The van der Waals surface area contributed by atoms with Crippen molar-refractivity contribution in [1.82, 2.24) is 0 Å². The molecule has 0 fully saturated rings. The zero-order valence-corrected chi connectivity index (χ0v) is 8.08. The second-order valence-electron chi connectivity index (χ2n) is 3.57. The van der Waals surface area contributed by atoms with Gasteiger partial charge in [0.05, 0.1) is 6.10 Å². The first kappa shape index (κ1) is 10.8. The Kier molecular flexibility index (Phi) is 2.47. The van der Waals surface area contributed by atoms with Gasteiger partial charge < -0.3 is 10.2 Å². The van der Waals surface area contributed by atoms with Crippen LogP contribution in [0.3, 0.4) is 0 Å². The minimum absolute atomic E-state index is 0.0272. The van der Waals surface area contributed by atoms with Crippen LogP contribution in [0.25, 0.3) is 5.57 Å². The monoisotopic (exact) mass is 226 g/mol. The van der Waals surface area contributed by atoms with E-state index >= 15 is 0 Å². The van der Waals surface area contributed by atoms with Crippen molar-refractivity contribution >= 4 is 11.5 Å². The number of aliphatic hydroxyl groups is 1. The second-order valence-corrected chi connectivity index (χ2v) is 3.57. The number of aliphatic hydroxyl groups excluding tert-OH is 1. The fraction of sp³-hybridized carbons (Fsp3) is 0.182. The molecule has 0 heterocycles. The van der Waals surface area contributed by atoms with Gasteiger partial charge in [-0.1, -0.05) is 0 Å². The van der Waals surface area contributed by atoms with Crippen LogP contribution >= 0.6 is 0 Å². The van der Waals surface area contributed by atoms with Crippen LogP contribution < -0.4 is 0 Å². The van der Waals surface area contributed by atoms with E-state index in [9.17, 15) is 18.7 Å². The third-order valence-corrected chi connectivity index (χ3v) is 2.51. The number of aliphatic carboxylic acids is 1. The molecule has 0 saturated carbocycles. The molecule has 1 unspecified atom stereocenters. The van der Waals surface area contributed by atoms with Gasteiger partial charge in [0, 0.05) is 18.6 Å². The summed E-state index contributed by atoms with van der Waals surface area (Å²) in [5.74, 6) is -2.81. The summed E-state index contributed by atoms with van der Waals surface area (Å²) < 4.78 is 26.3. The molecule has 84 valence electrons. The van der Waals surface area contributed by atoms with Gasteiger partial charge in [0.2, 0.25) is 0 Å². The molecule has 0 amide bonds. The Balaban J connectivity index is 2.61. The normalized spacial score (nSPS) is 21.2. The van der Waals surface area contributed by atoms with Gasteiger partial charge in [0.15, 0.2) is 0 Å². The quantitative estimate of drug-likeness (QED) is 0.710. The largest absolute Gasteiger partial charge is 0.478 e. The lowest BCUT2D eigenvalue weighted by Gasteiger charge is -2.03. The van der Waals surface area contributed by atoms with Crippen molar-refractivity contribution in [3.05, 3.63) is 41.0 Å². The molecule has 2 N–H and O–H groups in total. The molecule has 5 heteroatoms. The van der Waals surface area contributed by atoms with E-state index in [2.05, 4.69) is 0 Å². The highest BCUT2D eigenvalue weighted by Crippen LogP contribution is 2.34. The van der Waals surface area contributed by atoms with E-state index in [1.54, 1.807) is 0 Å². The van der Waals surface area contributed by atoms with Crippen LogP contribution in [0.15, 0.2) is 18.2 Å². The predicted molar refractivity (Wildman–Crippen MR) is 51.7 cm³/mol. The summed E-state index contributed by atoms with van der Waals surface area (Å²) in [5, 5.41) is 18.1. The Morgan fingerprint density at radius 2 is 2.12 bits per heavy atom. The van der Waals surface area contributed by atoms with Gasteiger partial charge in [-0.25, -0.2) is 13.6 Å². The van der Waals surface area contributed by atoms with Gasteiger partial charge in [-0.2, -0.15) is 0 Å². The van der Waals surface area contributed by atoms with E-state index in [1.807, 2.05) is 0 Å². The number of hydrogen-bond donors (Lipinski definition) is 2. The Morgan fingerprint density at radius 3 is 2.75 bits per heavy atom. The Hall–Kier alpha value is -1.75. The smallest absolute Gasteiger partial charge is 0.328 e. The first-order valence-electron chi connectivity index (χ1n) is 4.60. The molecule has 1 aromatic carbocycles. The predicted octanol–water partition coefficient (Wildman–Crippen LogP) is 1.35. The zero-order chi connectivity index (χ0) is 11.9. The Bertz CT molecular complexity index is 494. The molecule has 0 spiro atoms. The summed E-state index contributed by atoms with van der Waals surface area (Å²) in [6, 6.07) is 1.75. The highest BCUT2D eigenvalue weighted by atomic mass is 19.1. The zero-order valence-electron chi connectivity index (χ0n) is 8.08. The molecule has 1 atom stereocenters. The molecule has 0 saturated heterocycles. The first-order valence-corrected chi connectivity index (χ1v) is 4.60. The summed E-state index contributed by atoms with van der Waals surface area (Å²) in [6.07, 6.45) is -0.349. The minimum atomic E-state index is -1.26. The SMILES string of the molecule is O=C(O)/C=C1\c2cc(F)cc(F)c2CC1O. The van der Waals surface area contributed by atoms with Crippen LogP contribution in [-0.2, 0) is 11.2 Å². The molecule has 0 aromatic heterocycles. The van der Waals surface area contributed by atoms with Gasteiger partial charge >= 0.3 is 5.97 Å². The van der Waals surface area contributed by atoms with Crippen molar-refractivity contribution in [3.8, 4) is 0 Å². The summed E-state index contributed by atoms with van der Waals surface area (Å²) in [5.41, 5.74) is 0.328. The van der Waals surface area contributed by atoms with E-state index in [-0.39, 0.29) is 23.1 Å². The molecule has 0 radical (unpaired) electrons. The van der Waals surface area contributed by atoms with Crippen molar-refractivity contribution in [1.29, 1.82) is 0 Å². The van der Waals surface area contributed by atoms with E-state index in [0.29, 0.717) is 0 Å². The van der Waals surface area contributed by atoms with Crippen LogP contribution in [0.4, 0.5) is 8.78 Å². The second kappa shape index (κ2) is 3.68. The van der Waals surface area contributed by atoms with E-state index in [4.69, 9.17) is 5.11 Å². The average molecular weight is 226 g/mol. The summed E-state index contributed by atoms with van der Waals surface area (Å²) >= 11 is 0. The van der Waals surface area contributed by atoms with Crippen LogP contribution in [0.2, 0.25) is 0 Å². The Labute approximate surface area is 89.6 Å². The van der Waals surface area contributed by atoms with E-state index in [0.717, 1.165) is 18.2 Å². The van der Waals surface area contributed by atoms with Crippen molar-refractivity contribution < 1.29 is 23.8 Å². The fourth-order valence-electron chi connectivity index (χ4n) is 1.86. The van der Waals surface area contributed by atoms with E-state index in [1.165, 1.54) is 0 Å². The van der Waals surface area contributed by atoms with Crippen LogP contribution in [0.5, 0.6) is 0 Å². The molecule has 0 bridgehead atoms. The number of rotatable bonds is 1. The number of carboxylic acids is 1. The maximum atomic E-state index is 13.3. The topological polar surface area (TPSA) is 57.5 Å². The fourth-order valence-corrected chi connectivity index (χ4v) is 1.86. The maximum absolute atomic E-state index is 13.3. The molecule has 0 aliphatic heterocycles. The number of hydrogen-bond acceptors (Lipinski definition) is 2. The van der Waals surface area contributed by atoms with Gasteiger partial charge in [-0.05, 0) is 22.8 Å². The summed E-state index contributed by atoms with van der Waals surface area (Å²) in [7, 11) is 0. The van der Waals surface area contributed by atoms with Crippen LogP contribution in [-0.4, -0.2) is 22.3 Å². The number of fused-ring (bicyclic) bond motifs is 1. The van der Waals surface area contributed by atoms with Gasteiger partial charge in [0.25, 0.3) is 0 Å². The molecule has 1 aliphatic carbocycles. The van der Waals surface area contributed by atoms with Crippen molar-refractivity contribution in [3.63, 3.8) is 0 Å². The minimum Gasteiger partial charge on any atom is -0.478 e. The molecule has 2 rings (SSSR count). The molecule has 16 heavy (non-hydrogen) atoms. The summed E-state index contributed by atoms with van der Waals surface area (Å²) in [4.78, 5) is 10.5. The standard InChI is InChI=1S/C11H8F2O3/c12-5-1-6-7(9(13)2-5)3-10(14)8(6)4-11(15)16/h1-2,4,10,14H,3H2,(H,15,16)/b8-4+. The third kappa shape index (κ3) is 1.69. The number of benzene rings is 1. The van der Waals surface area contributed by atoms with Gasteiger partial charge in [-0.15, -0.1) is 0 Å². The van der Waals surface area contributed by atoms with Crippen LogP contribution in [0, 0.1) is 11.6 Å². The molecule has 1 aromatic rings. The third-order valence-electron chi connectivity index (χ3n) is 2.51. The lowest BCUT2D eigenvalue weighted by atomic mass is 10.1. The highest BCUT2D eigenvalue weighted by Gasteiger charge is 2.29. The highest BCUT2D eigenvalue weighted by molar-refractivity contribution is 5.93. The van der Waals surface area contributed by atoms with E-state index < -0.39 is 23.7 Å². The molecule has 1 aliphatic rings. The maximum Gasteiger partial charge on any atom is 0.328 e. The number of carboxylic acid groups (broad SMARTS) is 1. The average Bonchev–Trinajstić information content (AvgIpc) is 2.45. The van der Waals surface area contributed by atoms with Crippen molar-refractivity contribution in [2.45, 2.75) is 12.5 Å². The summed E-state index contributed by atoms with van der Waals surface area (Å²) in [6.45, 7) is 0. The number of carbonyl (C=O) groups is 1. The Morgan fingerprint density at radius 1 is 1.44 bits per heavy atom. The van der Waals surface area contributed by atoms with Gasteiger partial charge in [-0.3, -0.25) is 0 Å². The van der Waals surface area contributed by atoms with Crippen LogP contribution in [0.1, 0.15) is 11.1 Å². The first-order chi connectivity index (χ1) is 7.49. The van der Waals surface area contributed by atoms with Crippen molar-refractivity contribution in [2.75, 3.05) is 0 Å². The lowest BCUT2D eigenvalue weighted by molar-refractivity contribution is -0.131. The number of halogens is 2. The van der Waals surface area contributed by atoms with Gasteiger partial charge in [0.1, 0.15) is 11.6 Å². The molecular formula is C11H8F2O3. The molecular weight excluding hydrogens is 218 g/mol.